The average Bonchev–Trinajstić information content (AvgIpc) is 2.20. The van der Waals surface area contributed by atoms with E-state index in [1.165, 1.54) is 0 Å². The first-order valence-corrected chi connectivity index (χ1v) is 4.58. The van der Waals surface area contributed by atoms with Crippen molar-refractivity contribution in [3.05, 3.63) is 47.0 Å². The molecule has 0 aromatic heterocycles. The Morgan fingerprint density at radius 1 is 1.57 bits per heavy atom. The minimum atomic E-state index is 0.431. The van der Waals surface area contributed by atoms with Gasteiger partial charge in [0.05, 0.1) is 11.6 Å². The number of rotatable bonds is 2. The van der Waals surface area contributed by atoms with Crippen LogP contribution < -0.4 is 0 Å². The zero-order valence-electron chi connectivity index (χ0n) is 7.92. The maximum absolute atomic E-state index is 8.76. The molecular formula is C12H10ClN. The third-order valence-corrected chi connectivity index (χ3v) is 2.06. The van der Waals surface area contributed by atoms with Crippen LogP contribution in [0.5, 0.6) is 0 Å². The first-order valence-electron chi connectivity index (χ1n) is 4.20. The molecule has 0 N–H and O–H groups in total. The van der Waals surface area contributed by atoms with E-state index in [2.05, 4.69) is 6.58 Å². The van der Waals surface area contributed by atoms with Crippen molar-refractivity contribution in [2.24, 2.45) is 0 Å². The highest BCUT2D eigenvalue weighted by Gasteiger charge is 2.03. The first-order chi connectivity index (χ1) is 6.69. The topological polar surface area (TPSA) is 23.8 Å². The molecule has 1 nitrogen and oxygen atoms in total. The number of benzene rings is 1. The van der Waals surface area contributed by atoms with E-state index in [1.807, 2.05) is 31.2 Å². The van der Waals surface area contributed by atoms with Crippen LogP contribution in [-0.2, 0) is 0 Å². The molecule has 0 aliphatic carbocycles. The molecule has 14 heavy (non-hydrogen) atoms. The minimum Gasteiger partial charge on any atom is -0.192 e. The van der Waals surface area contributed by atoms with Crippen molar-refractivity contribution >= 4 is 23.3 Å². The predicted octanol–water partition coefficient (Wildman–Crippen LogP) is 3.91. The molecule has 0 bridgehead atoms. The van der Waals surface area contributed by atoms with Crippen LogP contribution in [0.25, 0.3) is 11.6 Å². The summed E-state index contributed by atoms with van der Waals surface area (Å²) in [6.07, 6.45) is 3.84. The van der Waals surface area contributed by atoms with E-state index in [-0.39, 0.29) is 0 Å². The highest BCUT2D eigenvalue weighted by atomic mass is 35.5. The molecular weight excluding hydrogens is 194 g/mol. The van der Waals surface area contributed by atoms with Crippen LogP contribution in [-0.4, -0.2) is 0 Å². The monoisotopic (exact) mass is 203 g/mol. The molecule has 0 unspecified atom stereocenters. The number of halogens is 1. The maximum Gasteiger partial charge on any atom is 0.0991 e. The molecule has 0 spiro atoms. The van der Waals surface area contributed by atoms with Gasteiger partial charge in [0, 0.05) is 10.6 Å². The van der Waals surface area contributed by atoms with Crippen LogP contribution in [0.1, 0.15) is 18.1 Å². The molecule has 2 heteroatoms. The van der Waals surface area contributed by atoms with Gasteiger partial charge in [0.1, 0.15) is 0 Å². The summed E-state index contributed by atoms with van der Waals surface area (Å²) in [6, 6.07) is 7.44. The van der Waals surface area contributed by atoms with Gasteiger partial charge in [-0.25, -0.2) is 0 Å². The SMILES string of the molecule is C=C(C#N)c1cc(Cl)ccc1/C=C\C. The minimum absolute atomic E-state index is 0.431. The van der Waals surface area contributed by atoms with E-state index in [1.54, 1.807) is 12.1 Å². The number of nitrogens with zero attached hydrogens (tertiary/aromatic N) is 1. The van der Waals surface area contributed by atoms with Gasteiger partial charge >= 0.3 is 0 Å². The third kappa shape index (κ3) is 2.25. The molecule has 1 aromatic rings. The van der Waals surface area contributed by atoms with Gasteiger partial charge in [-0.1, -0.05) is 36.4 Å². The van der Waals surface area contributed by atoms with E-state index in [0.717, 1.165) is 11.1 Å². The lowest BCUT2D eigenvalue weighted by molar-refractivity contribution is 1.51. The second-order valence-corrected chi connectivity index (χ2v) is 3.26. The molecule has 1 aromatic carbocycles. The highest BCUT2D eigenvalue weighted by Crippen LogP contribution is 2.22. The average molecular weight is 204 g/mol. The summed E-state index contributed by atoms with van der Waals surface area (Å²) in [5.41, 5.74) is 2.18. The predicted molar refractivity (Wildman–Crippen MR) is 60.8 cm³/mol. The Hall–Kier alpha value is -1.52. The van der Waals surface area contributed by atoms with Crippen molar-refractivity contribution in [2.45, 2.75) is 6.92 Å². The molecule has 1 rings (SSSR count). The first kappa shape index (κ1) is 10.6. The molecule has 70 valence electrons. The largest absolute Gasteiger partial charge is 0.192 e. The number of hydrogen-bond donors (Lipinski definition) is 0. The van der Waals surface area contributed by atoms with Crippen LogP contribution in [0.2, 0.25) is 5.02 Å². The van der Waals surface area contributed by atoms with Gasteiger partial charge < -0.3 is 0 Å². The van der Waals surface area contributed by atoms with Gasteiger partial charge in [0.15, 0.2) is 0 Å². The Kier molecular flexibility index (Phi) is 3.50. The lowest BCUT2D eigenvalue weighted by Gasteiger charge is -2.03. The Labute approximate surface area is 88.9 Å². The van der Waals surface area contributed by atoms with Crippen molar-refractivity contribution in [3.8, 4) is 6.07 Å². The Morgan fingerprint density at radius 2 is 2.29 bits per heavy atom. The quantitative estimate of drug-likeness (QED) is 0.669. The van der Waals surface area contributed by atoms with E-state index >= 15 is 0 Å². The lowest BCUT2D eigenvalue weighted by Crippen LogP contribution is -1.85. The Bertz CT molecular complexity index is 424. The van der Waals surface area contributed by atoms with E-state index in [9.17, 15) is 0 Å². The third-order valence-electron chi connectivity index (χ3n) is 1.82. The van der Waals surface area contributed by atoms with Gasteiger partial charge in [-0.05, 0) is 24.6 Å². The highest BCUT2D eigenvalue weighted by molar-refractivity contribution is 6.30. The molecule has 0 aliphatic rings. The summed E-state index contributed by atoms with van der Waals surface area (Å²) in [5.74, 6) is 0. The van der Waals surface area contributed by atoms with Gasteiger partial charge in [-0.15, -0.1) is 0 Å². The fourth-order valence-corrected chi connectivity index (χ4v) is 1.35. The molecule has 0 atom stereocenters. The van der Waals surface area contributed by atoms with Crippen LogP contribution in [0.3, 0.4) is 0 Å². The number of allylic oxidation sites excluding steroid dienone is 2. The fraction of sp³-hybridized carbons (Fsp3) is 0.0833. The fourth-order valence-electron chi connectivity index (χ4n) is 1.17. The van der Waals surface area contributed by atoms with Crippen molar-refractivity contribution in [2.75, 3.05) is 0 Å². The van der Waals surface area contributed by atoms with E-state index < -0.39 is 0 Å². The van der Waals surface area contributed by atoms with Crippen LogP contribution >= 0.6 is 11.6 Å². The van der Waals surface area contributed by atoms with Crippen LogP contribution in [0.15, 0.2) is 30.9 Å². The molecule has 0 aliphatic heterocycles. The number of hydrogen-bond acceptors (Lipinski definition) is 1. The van der Waals surface area contributed by atoms with Gasteiger partial charge in [-0.3, -0.25) is 0 Å². The smallest absolute Gasteiger partial charge is 0.0991 e. The number of nitriles is 1. The van der Waals surface area contributed by atoms with Gasteiger partial charge in [0.2, 0.25) is 0 Å². The molecule has 0 saturated heterocycles. The van der Waals surface area contributed by atoms with Crippen LogP contribution in [0, 0.1) is 11.3 Å². The normalized spacial score (nSPS) is 10.1. The summed E-state index contributed by atoms with van der Waals surface area (Å²) in [6.45, 7) is 5.60. The molecule has 0 heterocycles. The lowest BCUT2D eigenvalue weighted by atomic mass is 10.0. The second kappa shape index (κ2) is 4.64. The van der Waals surface area contributed by atoms with Gasteiger partial charge in [-0.2, -0.15) is 5.26 Å². The summed E-state index contributed by atoms with van der Waals surface area (Å²) in [5, 5.41) is 9.37. The van der Waals surface area contributed by atoms with Gasteiger partial charge in [0.25, 0.3) is 0 Å². The van der Waals surface area contributed by atoms with Crippen molar-refractivity contribution < 1.29 is 0 Å². The maximum atomic E-state index is 8.76. The Morgan fingerprint density at radius 3 is 2.86 bits per heavy atom. The summed E-state index contributed by atoms with van der Waals surface area (Å²) in [4.78, 5) is 0. The zero-order chi connectivity index (χ0) is 10.6. The van der Waals surface area contributed by atoms with Crippen molar-refractivity contribution in [1.29, 1.82) is 5.26 Å². The standard InChI is InChI=1S/C12H10ClN/c1-3-4-10-5-6-11(13)7-12(10)9(2)8-14/h3-7H,2H2,1H3/b4-3-. The molecule has 0 amide bonds. The second-order valence-electron chi connectivity index (χ2n) is 2.82. The van der Waals surface area contributed by atoms with Crippen molar-refractivity contribution in [3.63, 3.8) is 0 Å². The molecule has 0 saturated carbocycles. The Balaban J connectivity index is 3.31. The molecule has 0 fully saturated rings. The summed E-state index contributed by atoms with van der Waals surface area (Å²) < 4.78 is 0. The zero-order valence-corrected chi connectivity index (χ0v) is 8.67. The summed E-state index contributed by atoms with van der Waals surface area (Å²) >= 11 is 5.84. The van der Waals surface area contributed by atoms with Crippen molar-refractivity contribution in [1.82, 2.24) is 0 Å². The van der Waals surface area contributed by atoms with Crippen LogP contribution in [0.4, 0.5) is 0 Å². The van der Waals surface area contributed by atoms with E-state index in [4.69, 9.17) is 16.9 Å². The van der Waals surface area contributed by atoms with E-state index in [0.29, 0.717) is 10.6 Å². The summed E-state index contributed by atoms with van der Waals surface area (Å²) in [7, 11) is 0. The molecule has 0 radical (unpaired) electrons.